The van der Waals surface area contributed by atoms with E-state index in [2.05, 4.69) is 20.3 Å². The van der Waals surface area contributed by atoms with Crippen LogP contribution >= 0.6 is 0 Å². The molecule has 0 atom stereocenters. The molecule has 1 amide bonds. The van der Waals surface area contributed by atoms with E-state index in [0.717, 1.165) is 37.3 Å². The van der Waals surface area contributed by atoms with Gasteiger partial charge in [0.2, 0.25) is 0 Å². The first-order valence-corrected chi connectivity index (χ1v) is 11.8. The molecule has 0 spiro atoms. The lowest BCUT2D eigenvalue weighted by Crippen LogP contribution is -2.35. The number of piperidine rings is 1. The lowest BCUT2D eigenvalue weighted by atomic mass is 9.99. The van der Waals surface area contributed by atoms with E-state index in [4.69, 9.17) is 4.74 Å². The molecular weight excluding hydrogens is 416 g/mol. The summed E-state index contributed by atoms with van der Waals surface area (Å²) >= 11 is 0. The largest absolute Gasteiger partial charge is 0.465 e. The second kappa shape index (κ2) is 11.1. The first-order chi connectivity index (χ1) is 16.1. The van der Waals surface area contributed by atoms with Gasteiger partial charge in [0, 0.05) is 37.4 Å². The van der Waals surface area contributed by atoms with Gasteiger partial charge in [-0.15, -0.1) is 0 Å². The molecule has 2 heterocycles. The molecule has 1 N–H and O–H groups in total. The van der Waals surface area contributed by atoms with Crippen molar-refractivity contribution in [3.63, 3.8) is 0 Å². The van der Waals surface area contributed by atoms with Gasteiger partial charge in [-0.3, -0.25) is 19.5 Å². The zero-order valence-corrected chi connectivity index (χ0v) is 19.3. The Hall–Kier alpha value is -3.19. The quantitative estimate of drug-likeness (QED) is 0.517. The van der Waals surface area contributed by atoms with Crippen LogP contribution in [0.3, 0.4) is 0 Å². The number of esters is 1. The van der Waals surface area contributed by atoms with Gasteiger partial charge in [0.15, 0.2) is 0 Å². The van der Waals surface area contributed by atoms with Gasteiger partial charge in [0.25, 0.3) is 5.91 Å². The molecule has 0 bridgehead atoms. The Labute approximate surface area is 195 Å². The Bertz CT molecular complexity index is 997. The third-order valence-electron chi connectivity index (χ3n) is 6.09. The third-order valence-corrected chi connectivity index (χ3v) is 6.09. The van der Waals surface area contributed by atoms with Crippen LogP contribution in [-0.2, 0) is 22.5 Å². The van der Waals surface area contributed by atoms with Crippen molar-refractivity contribution in [2.75, 3.05) is 38.1 Å². The summed E-state index contributed by atoms with van der Waals surface area (Å²) in [5, 5.41) is 9.66. The number of hydrazone groups is 1. The molecule has 7 nitrogen and oxygen atoms in total. The molecule has 1 saturated heterocycles. The molecule has 2 aliphatic heterocycles. The van der Waals surface area contributed by atoms with E-state index in [0.29, 0.717) is 25.3 Å². The Morgan fingerprint density at radius 3 is 2.58 bits per heavy atom. The van der Waals surface area contributed by atoms with Gasteiger partial charge in [-0.1, -0.05) is 18.2 Å². The summed E-state index contributed by atoms with van der Waals surface area (Å²) in [4.78, 5) is 26.6. The van der Waals surface area contributed by atoms with Crippen molar-refractivity contribution in [1.29, 1.82) is 0 Å². The summed E-state index contributed by atoms with van der Waals surface area (Å²) in [6, 6.07) is 13.5. The summed E-state index contributed by atoms with van der Waals surface area (Å²) < 4.78 is 5.05. The molecule has 174 valence electrons. The van der Waals surface area contributed by atoms with Gasteiger partial charge < -0.3 is 10.1 Å². The predicted octanol–water partition coefficient (Wildman–Crippen LogP) is 3.68. The molecule has 0 aliphatic carbocycles. The number of carbonyl (C=O) groups is 2. The molecule has 0 unspecified atom stereocenters. The molecule has 2 aromatic rings. The fraction of sp³-hybridized carbons (Fsp3) is 0.423. The van der Waals surface area contributed by atoms with Crippen molar-refractivity contribution in [1.82, 2.24) is 9.91 Å². The number of hydrogen-bond acceptors (Lipinski definition) is 6. The molecular formula is C26H32N4O3. The first-order valence-electron chi connectivity index (χ1n) is 11.8. The highest BCUT2D eigenvalue weighted by Crippen LogP contribution is 2.23. The zero-order valence-electron chi connectivity index (χ0n) is 19.3. The minimum absolute atomic E-state index is 0.130. The molecule has 2 aliphatic rings. The van der Waals surface area contributed by atoms with E-state index in [1.165, 1.54) is 30.4 Å². The third kappa shape index (κ3) is 6.42. The summed E-state index contributed by atoms with van der Waals surface area (Å²) in [5.74, 6) is -0.317. The lowest BCUT2D eigenvalue weighted by Gasteiger charge is -2.28. The summed E-state index contributed by atoms with van der Waals surface area (Å²) in [6.45, 7) is 6.07. The van der Waals surface area contributed by atoms with Gasteiger partial charge in [-0.2, -0.15) is 5.10 Å². The van der Waals surface area contributed by atoms with Crippen LogP contribution in [0.15, 0.2) is 47.6 Å². The number of rotatable bonds is 7. The van der Waals surface area contributed by atoms with Crippen molar-refractivity contribution < 1.29 is 14.3 Å². The second-order valence-electron chi connectivity index (χ2n) is 8.58. The van der Waals surface area contributed by atoms with Crippen LogP contribution in [0.2, 0.25) is 0 Å². The molecule has 7 heteroatoms. The van der Waals surface area contributed by atoms with Gasteiger partial charge in [-0.25, -0.2) is 0 Å². The Morgan fingerprint density at radius 2 is 1.82 bits per heavy atom. The number of nitrogens with zero attached hydrogens (tertiary/aromatic N) is 3. The van der Waals surface area contributed by atoms with Crippen LogP contribution in [0.5, 0.6) is 0 Å². The average Bonchev–Trinajstić information content (AvgIpc) is 2.84. The van der Waals surface area contributed by atoms with E-state index >= 15 is 0 Å². The van der Waals surface area contributed by atoms with E-state index in [1.54, 1.807) is 0 Å². The second-order valence-corrected chi connectivity index (χ2v) is 8.58. The van der Waals surface area contributed by atoms with Gasteiger partial charge in [0.05, 0.1) is 19.4 Å². The number of anilines is 1. The van der Waals surface area contributed by atoms with Crippen LogP contribution in [0.4, 0.5) is 5.69 Å². The fourth-order valence-electron chi connectivity index (χ4n) is 4.28. The average molecular weight is 449 g/mol. The maximum absolute atomic E-state index is 12.7. The topological polar surface area (TPSA) is 74.2 Å². The normalized spacial score (nSPS) is 16.5. The number of fused-ring (bicyclic) bond motifs is 1. The van der Waals surface area contributed by atoms with E-state index in [9.17, 15) is 9.59 Å². The Balaban J connectivity index is 1.32. The highest BCUT2D eigenvalue weighted by Gasteiger charge is 2.19. The lowest BCUT2D eigenvalue weighted by molar-refractivity contribution is -0.144. The van der Waals surface area contributed by atoms with Crippen molar-refractivity contribution in [2.45, 2.75) is 39.2 Å². The Kier molecular flexibility index (Phi) is 7.73. The smallest absolute Gasteiger partial charge is 0.320 e. The molecule has 0 saturated carbocycles. The predicted molar refractivity (Wildman–Crippen MR) is 129 cm³/mol. The number of hydrogen-bond donors (Lipinski definition) is 1. The monoisotopic (exact) mass is 448 g/mol. The van der Waals surface area contributed by atoms with Crippen molar-refractivity contribution in [3.05, 3.63) is 64.7 Å². The Morgan fingerprint density at radius 1 is 1.03 bits per heavy atom. The van der Waals surface area contributed by atoms with Gasteiger partial charge in [-0.05, 0) is 73.6 Å². The number of benzene rings is 2. The summed E-state index contributed by atoms with van der Waals surface area (Å²) in [7, 11) is 0. The highest BCUT2D eigenvalue weighted by atomic mass is 16.5. The molecule has 0 aromatic heterocycles. The maximum atomic E-state index is 12.7. The van der Waals surface area contributed by atoms with E-state index in [-0.39, 0.29) is 11.9 Å². The van der Waals surface area contributed by atoms with Crippen LogP contribution in [0.1, 0.15) is 53.2 Å². The number of nitrogens with one attached hydrogen (secondary N) is 1. The van der Waals surface area contributed by atoms with Crippen LogP contribution in [0, 0.1) is 0 Å². The van der Waals surface area contributed by atoms with Crippen molar-refractivity contribution in [3.8, 4) is 0 Å². The van der Waals surface area contributed by atoms with Crippen LogP contribution in [0.25, 0.3) is 0 Å². The van der Waals surface area contributed by atoms with Crippen LogP contribution in [-0.4, -0.2) is 60.8 Å². The van der Waals surface area contributed by atoms with Gasteiger partial charge in [0.1, 0.15) is 0 Å². The van der Waals surface area contributed by atoms with Crippen molar-refractivity contribution >= 4 is 23.8 Å². The summed E-state index contributed by atoms with van der Waals surface area (Å²) in [6.07, 6.45) is 6.38. The highest BCUT2D eigenvalue weighted by molar-refractivity contribution is 6.04. The zero-order chi connectivity index (χ0) is 23.0. The van der Waals surface area contributed by atoms with Gasteiger partial charge >= 0.3 is 5.97 Å². The maximum Gasteiger partial charge on any atom is 0.320 e. The molecule has 1 fully saturated rings. The van der Waals surface area contributed by atoms with Crippen molar-refractivity contribution in [2.24, 2.45) is 5.10 Å². The number of amides is 1. The molecule has 4 rings (SSSR count). The van der Waals surface area contributed by atoms with Crippen LogP contribution < -0.4 is 5.32 Å². The first kappa shape index (κ1) is 23.0. The SMILES string of the molecule is CCOC(=O)CN1CCc2cc(NC(=O)c3ccc(C=NN4CCCCC4)cc3)ccc2C1. The fourth-order valence-corrected chi connectivity index (χ4v) is 4.28. The minimum atomic E-state index is -0.186. The summed E-state index contributed by atoms with van der Waals surface area (Å²) in [5.41, 5.74) is 4.77. The molecule has 33 heavy (non-hydrogen) atoms. The molecule has 0 radical (unpaired) electrons. The van der Waals surface area contributed by atoms with E-state index < -0.39 is 0 Å². The number of carbonyl (C=O) groups excluding carboxylic acids is 2. The van der Waals surface area contributed by atoms with E-state index in [1.807, 2.05) is 55.6 Å². The molecule has 2 aromatic carbocycles. The standard InChI is InChI=1S/C26H32N4O3/c1-2-33-25(31)19-29-15-12-22-16-24(11-10-23(22)18-29)28-26(32)21-8-6-20(7-9-21)17-27-30-13-4-3-5-14-30/h6-11,16-17H,2-5,12-15,18-19H2,1H3,(H,28,32). The minimum Gasteiger partial charge on any atom is -0.465 e. The number of ether oxygens (including phenoxy) is 1.